The SMILES string of the molecule is [Ag].[Ag].[Ni].[Ni]. The molecule has 2 radical (unpaired) electrons. The van der Waals surface area contributed by atoms with Gasteiger partial charge in [-0.1, -0.05) is 0 Å². The molecule has 0 atom stereocenters. The van der Waals surface area contributed by atoms with Gasteiger partial charge in [-0.2, -0.15) is 0 Å². The molecule has 42 valence electrons. The van der Waals surface area contributed by atoms with E-state index in [1.54, 1.807) is 0 Å². The van der Waals surface area contributed by atoms with Gasteiger partial charge in [0.05, 0.1) is 0 Å². The third-order valence-corrected chi connectivity index (χ3v) is 0. The van der Waals surface area contributed by atoms with E-state index in [9.17, 15) is 0 Å². The van der Waals surface area contributed by atoms with E-state index in [2.05, 4.69) is 0 Å². The van der Waals surface area contributed by atoms with E-state index in [1.165, 1.54) is 0 Å². The fraction of sp³-hybridized carbons (Fsp3) is 0. The van der Waals surface area contributed by atoms with Gasteiger partial charge < -0.3 is 0 Å². The van der Waals surface area contributed by atoms with Crippen molar-refractivity contribution in [3.8, 4) is 0 Å². The second-order valence-electron chi connectivity index (χ2n) is 0. The second-order valence-corrected chi connectivity index (χ2v) is 0. The molecule has 0 aliphatic rings. The molecule has 0 N–H and O–H groups in total. The molecule has 0 bridgehead atoms. The van der Waals surface area contributed by atoms with Crippen molar-refractivity contribution in [1.29, 1.82) is 0 Å². The third-order valence-electron chi connectivity index (χ3n) is 0. The Kier molecular flexibility index (Phi) is 142. The average molecular weight is 333 g/mol. The van der Waals surface area contributed by atoms with Crippen LogP contribution in [-0.4, -0.2) is 0 Å². The van der Waals surface area contributed by atoms with Gasteiger partial charge in [0.15, 0.2) is 0 Å². The van der Waals surface area contributed by atoms with Gasteiger partial charge in [0.1, 0.15) is 0 Å². The van der Waals surface area contributed by atoms with Crippen LogP contribution in [0.4, 0.5) is 0 Å². The van der Waals surface area contributed by atoms with E-state index >= 15 is 0 Å². The molecule has 0 unspecified atom stereocenters. The zero-order chi connectivity index (χ0) is 0. The summed E-state index contributed by atoms with van der Waals surface area (Å²) in [6.45, 7) is 0. The Balaban J connectivity index is 0. The quantitative estimate of drug-likeness (QED) is 0.547. The van der Waals surface area contributed by atoms with Crippen molar-refractivity contribution in [2.45, 2.75) is 0 Å². The number of hydrogen-bond acceptors (Lipinski definition) is 0. The summed E-state index contributed by atoms with van der Waals surface area (Å²) in [5, 5.41) is 0. The maximum Gasteiger partial charge on any atom is 0 e. The van der Waals surface area contributed by atoms with Crippen molar-refractivity contribution < 1.29 is 77.7 Å². The number of hydrogen-bond donors (Lipinski definition) is 0. The Morgan fingerprint density at radius 3 is 0.500 bits per heavy atom. The van der Waals surface area contributed by atoms with Gasteiger partial charge in [0, 0.05) is 77.7 Å². The molecule has 0 saturated heterocycles. The van der Waals surface area contributed by atoms with Crippen LogP contribution in [-0.2, 0) is 77.7 Å². The molecule has 0 aromatic heterocycles. The maximum absolute atomic E-state index is 0. The van der Waals surface area contributed by atoms with E-state index in [0.717, 1.165) is 0 Å². The van der Waals surface area contributed by atoms with Crippen LogP contribution in [0.2, 0.25) is 0 Å². The Morgan fingerprint density at radius 1 is 0.500 bits per heavy atom. The van der Waals surface area contributed by atoms with Crippen LogP contribution < -0.4 is 0 Å². The van der Waals surface area contributed by atoms with Crippen LogP contribution in [0.5, 0.6) is 0 Å². The zero-order valence-corrected chi connectivity index (χ0v) is 6.18. The first kappa shape index (κ1) is 31.8. The predicted molar refractivity (Wildman–Crippen MR) is 0 cm³/mol. The van der Waals surface area contributed by atoms with Crippen molar-refractivity contribution in [2.24, 2.45) is 0 Å². The molecule has 0 saturated carbocycles. The smallest absolute Gasteiger partial charge is 0 e. The average Bonchev–Trinajstić information content (AvgIpc) is 0. The Hall–Kier alpha value is 2.47. The topological polar surface area (TPSA) is 0 Å². The van der Waals surface area contributed by atoms with Gasteiger partial charge in [0.2, 0.25) is 0 Å². The van der Waals surface area contributed by atoms with Gasteiger partial charge in [-0.15, -0.1) is 0 Å². The van der Waals surface area contributed by atoms with Gasteiger partial charge in [0.25, 0.3) is 0 Å². The van der Waals surface area contributed by atoms with E-state index in [-0.39, 0.29) is 77.7 Å². The summed E-state index contributed by atoms with van der Waals surface area (Å²) >= 11 is 0. The first-order valence-electron chi connectivity index (χ1n) is 0. The summed E-state index contributed by atoms with van der Waals surface area (Å²) in [7, 11) is 0. The molecule has 0 nitrogen and oxygen atoms in total. The molecular weight excluding hydrogens is 333 g/mol. The standard InChI is InChI=1S/2Ag.2Ni. The van der Waals surface area contributed by atoms with Crippen LogP contribution in [0.15, 0.2) is 0 Å². The third kappa shape index (κ3) is 8.82. The van der Waals surface area contributed by atoms with Crippen LogP contribution in [0.25, 0.3) is 0 Å². The first-order chi connectivity index (χ1) is 0. The monoisotopic (exact) mass is 330 g/mol. The molecular formula is Ag2Ni2. The van der Waals surface area contributed by atoms with Crippen molar-refractivity contribution in [3.05, 3.63) is 0 Å². The molecule has 4 heteroatoms. The Labute approximate surface area is 76.7 Å². The van der Waals surface area contributed by atoms with Crippen LogP contribution in [0.1, 0.15) is 0 Å². The molecule has 0 fully saturated rings. The van der Waals surface area contributed by atoms with Gasteiger partial charge in [-0.05, 0) is 0 Å². The summed E-state index contributed by atoms with van der Waals surface area (Å²) in [6, 6.07) is 0. The van der Waals surface area contributed by atoms with Gasteiger partial charge in [-0.25, -0.2) is 0 Å². The minimum Gasteiger partial charge on any atom is 0 e. The van der Waals surface area contributed by atoms with Crippen LogP contribution in [0, 0.1) is 0 Å². The van der Waals surface area contributed by atoms with Crippen LogP contribution >= 0.6 is 0 Å². The summed E-state index contributed by atoms with van der Waals surface area (Å²) in [4.78, 5) is 0. The van der Waals surface area contributed by atoms with Crippen molar-refractivity contribution in [2.75, 3.05) is 0 Å². The molecule has 0 amide bonds. The van der Waals surface area contributed by atoms with Crippen molar-refractivity contribution >= 4 is 0 Å². The molecule has 0 aromatic carbocycles. The Bertz CT molecular complexity index is 4.00. The second kappa shape index (κ2) is 17.9. The maximum atomic E-state index is 0. The molecule has 0 spiro atoms. The van der Waals surface area contributed by atoms with Crippen molar-refractivity contribution in [3.63, 3.8) is 0 Å². The van der Waals surface area contributed by atoms with E-state index in [4.69, 9.17) is 0 Å². The predicted octanol–water partition coefficient (Wildman–Crippen LogP) is -0.0100. The van der Waals surface area contributed by atoms with E-state index in [0.29, 0.717) is 0 Å². The fourth-order valence-corrected chi connectivity index (χ4v) is 0. The number of rotatable bonds is 0. The largest absolute Gasteiger partial charge is 0 e. The summed E-state index contributed by atoms with van der Waals surface area (Å²) in [5.74, 6) is 0. The molecule has 0 rings (SSSR count). The molecule has 0 aliphatic heterocycles. The van der Waals surface area contributed by atoms with E-state index < -0.39 is 0 Å². The Morgan fingerprint density at radius 2 is 0.500 bits per heavy atom. The molecule has 0 aliphatic carbocycles. The first-order valence-corrected chi connectivity index (χ1v) is 0. The zero-order valence-electron chi connectivity index (χ0n) is 1.24. The van der Waals surface area contributed by atoms with Gasteiger partial charge >= 0.3 is 0 Å². The minimum atomic E-state index is 0. The normalized spacial score (nSPS) is 0. The fourth-order valence-electron chi connectivity index (χ4n) is 0. The van der Waals surface area contributed by atoms with Crippen molar-refractivity contribution in [1.82, 2.24) is 0 Å². The van der Waals surface area contributed by atoms with E-state index in [1.807, 2.05) is 0 Å². The van der Waals surface area contributed by atoms with Gasteiger partial charge in [-0.3, -0.25) is 0 Å². The summed E-state index contributed by atoms with van der Waals surface area (Å²) in [5.41, 5.74) is 0. The van der Waals surface area contributed by atoms with Crippen LogP contribution in [0.3, 0.4) is 0 Å². The summed E-state index contributed by atoms with van der Waals surface area (Å²) < 4.78 is 0. The molecule has 0 heterocycles. The molecule has 4 heavy (non-hydrogen) atoms. The molecule has 0 aromatic rings. The summed E-state index contributed by atoms with van der Waals surface area (Å²) in [6.07, 6.45) is 0. The minimum absolute atomic E-state index is 0.